The lowest BCUT2D eigenvalue weighted by atomic mass is 10.2. The van der Waals surface area contributed by atoms with Gasteiger partial charge in [-0.3, -0.25) is 14.3 Å². The van der Waals surface area contributed by atoms with Crippen LogP contribution in [0.2, 0.25) is 0 Å². The van der Waals surface area contributed by atoms with Gasteiger partial charge in [-0.15, -0.1) is 0 Å². The van der Waals surface area contributed by atoms with E-state index in [0.29, 0.717) is 17.6 Å². The van der Waals surface area contributed by atoms with Crippen molar-refractivity contribution in [2.45, 2.75) is 6.54 Å². The number of hydrogen-bond donors (Lipinski definition) is 1. The Morgan fingerprint density at radius 2 is 2.22 bits per heavy atom. The zero-order valence-electron chi connectivity index (χ0n) is 12.5. The first-order valence-electron chi connectivity index (χ1n) is 7.20. The Balaban J connectivity index is 1.88. The second kappa shape index (κ2) is 5.24. The number of H-pyrrole nitrogens is 1. The van der Waals surface area contributed by atoms with Crippen molar-refractivity contribution in [3.05, 3.63) is 65.0 Å². The van der Waals surface area contributed by atoms with E-state index < -0.39 is 0 Å². The molecule has 0 aliphatic heterocycles. The van der Waals surface area contributed by atoms with Gasteiger partial charge in [0.1, 0.15) is 16.8 Å². The third-order valence-corrected chi connectivity index (χ3v) is 3.85. The minimum Gasteiger partial charge on any atom is -0.497 e. The van der Waals surface area contributed by atoms with E-state index in [-0.39, 0.29) is 5.56 Å². The molecule has 6 heteroatoms. The maximum absolute atomic E-state index is 12.7. The van der Waals surface area contributed by atoms with E-state index >= 15 is 0 Å². The molecule has 1 N–H and O–H groups in total. The molecular formula is C17H14N4O2. The Morgan fingerprint density at radius 1 is 1.30 bits per heavy atom. The Hall–Kier alpha value is -3.15. The van der Waals surface area contributed by atoms with E-state index in [1.807, 2.05) is 30.3 Å². The van der Waals surface area contributed by atoms with Gasteiger partial charge >= 0.3 is 0 Å². The number of nitrogens with one attached hydrogen (secondary N) is 1. The van der Waals surface area contributed by atoms with E-state index in [1.165, 1.54) is 0 Å². The molecule has 6 nitrogen and oxygen atoms in total. The molecule has 114 valence electrons. The smallest absolute Gasteiger partial charge is 0.277 e. The summed E-state index contributed by atoms with van der Waals surface area (Å²) in [6.45, 7) is 0.439. The summed E-state index contributed by atoms with van der Waals surface area (Å²) in [5, 5.41) is 0.880. The number of rotatable bonds is 3. The van der Waals surface area contributed by atoms with Gasteiger partial charge in [0.15, 0.2) is 0 Å². The third-order valence-electron chi connectivity index (χ3n) is 3.85. The molecule has 0 bridgehead atoms. The Bertz CT molecular complexity index is 1050. The number of ether oxygens (including phenoxy) is 1. The largest absolute Gasteiger partial charge is 0.497 e. The van der Waals surface area contributed by atoms with Crippen LogP contribution in [0.15, 0.2) is 53.8 Å². The van der Waals surface area contributed by atoms with E-state index in [2.05, 4.69) is 15.0 Å². The standard InChI is InChI=1S/C17H14N4O2/c1-23-12-4-5-14-13(7-12)15-16(20-14)17(22)21(10-19-15)9-11-3-2-6-18-8-11/h2-8,10,20H,9H2,1H3. The lowest BCUT2D eigenvalue weighted by Crippen LogP contribution is -2.21. The summed E-state index contributed by atoms with van der Waals surface area (Å²) in [6.07, 6.45) is 5.02. The van der Waals surface area contributed by atoms with Crippen molar-refractivity contribution in [3.8, 4) is 5.75 Å². The Labute approximate surface area is 131 Å². The molecule has 0 saturated carbocycles. The SMILES string of the molecule is COc1ccc2[nH]c3c(=O)n(Cc4cccnc4)cnc3c2c1. The fourth-order valence-electron chi connectivity index (χ4n) is 2.70. The highest BCUT2D eigenvalue weighted by Gasteiger charge is 2.11. The highest BCUT2D eigenvalue weighted by Crippen LogP contribution is 2.25. The average Bonchev–Trinajstić information content (AvgIpc) is 2.97. The van der Waals surface area contributed by atoms with E-state index in [9.17, 15) is 4.79 Å². The topological polar surface area (TPSA) is 72.8 Å². The molecule has 0 saturated heterocycles. The summed E-state index contributed by atoms with van der Waals surface area (Å²) in [6, 6.07) is 9.40. The van der Waals surface area contributed by atoms with Crippen LogP contribution in [0.25, 0.3) is 21.9 Å². The second-order valence-electron chi connectivity index (χ2n) is 5.30. The number of aromatic nitrogens is 4. The van der Waals surface area contributed by atoms with Crippen LogP contribution < -0.4 is 10.3 Å². The second-order valence-corrected chi connectivity index (χ2v) is 5.30. The van der Waals surface area contributed by atoms with Crippen molar-refractivity contribution >= 4 is 21.9 Å². The van der Waals surface area contributed by atoms with Crippen LogP contribution in [0.1, 0.15) is 5.56 Å². The molecular weight excluding hydrogens is 292 g/mol. The van der Waals surface area contributed by atoms with Crippen LogP contribution in [0, 0.1) is 0 Å². The first-order valence-corrected chi connectivity index (χ1v) is 7.20. The van der Waals surface area contributed by atoms with Crippen LogP contribution in [0.5, 0.6) is 5.75 Å². The fourth-order valence-corrected chi connectivity index (χ4v) is 2.70. The summed E-state index contributed by atoms with van der Waals surface area (Å²) in [7, 11) is 1.62. The van der Waals surface area contributed by atoms with Gasteiger partial charge in [0.25, 0.3) is 5.56 Å². The molecule has 23 heavy (non-hydrogen) atoms. The van der Waals surface area contributed by atoms with Crippen LogP contribution in [-0.2, 0) is 6.54 Å². The summed E-state index contributed by atoms with van der Waals surface area (Å²) < 4.78 is 6.82. The number of hydrogen-bond acceptors (Lipinski definition) is 4. The maximum Gasteiger partial charge on any atom is 0.277 e. The molecule has 0 spiro atoms. The molecule has 3 aromatic heterocycles. The van der Waals surface area contributed by atoms with Gasteiger partial charge < -0.3 is 9.72 Å². The number of nitrogens with zero attached hydrogens (tertiary/aromatic N) is 3. The monoisotopic (exact) mass is 306 g/mol. The van der Waals surface area contributed by atoms with Gasteiger partial charge in [-0.2, -0.15) is 0 Å². The first kappa shape index (κ1) is 13.5. The molecule has 0 radical (unpaired) electrons. The summed E-state index contributed by atoms with van der Waals surface area (Å²) in [4.78, 5) is 24.4. The number of pyridine rings is 1. The predicted octanol–water partition coefficient (Wildman–Crippen LogP) is 2.33. The molecule has 0 aliphatic rings. The minimum absolute atomic E-state index is 0.103. The lowest BCUT2D eigenvalue weighted by Gasteiger charge is -2.04. The highest BCUT2D eigenvalue weighted by molar-refractivity contribution is 6.04. The molecule has 0 unspecified atom stereocenters. The lowest BCUT2D eigenvalue weighted by molar-refractivity contribution is 0.415. The quantitative estimate of drug-likeness (QED) is 0.630. The van der Waals surface area contributed by atoms with Gasteiger partial charge in [0.2, 0.25) is 0 Å². The fraction of sp³-hybridized carbons (Fsp3) is 0.118. The van der Waals surface area contributed by atoms with Crippen LogP contribution >= 0.6 is 0 Å². The Morgan fingerprint density at radius 3 is 3.00 bits per heavy atom. The zero-order valence-corrected chi connectivity index (χ0v) is 12.5. The van der Waals surface area contributed by atoms with E-state index in [4.69, 9.17) is 4.74 Å². The third kappa shape index (κ3) is 2.24. The normalized spacial score (nSPS) is 11.2. The predicted molar refractivity (Wildman–Crippen MR) is 87.8 cm³/mol. The molecule has 1 aromatic carbocycles. The van der Waals surface area contributed by atoms with Gasteiger partial charge in [0.05, 0.1) is 20.0 Å². The first-order chi connectivity index (χ1) is 11.3. The van der Waals surface area contributed by atoms with Crippen LogP contribution in [-0.4, -0.2) is 26.6 Å². The van der Waals surface area contributed by atoms with Crippen molar-refractivity contribution in [2.75, 3.05) is 7.11 Å². The highest BCUT2D eigenvalue weighted by atomic mass is 16.5. The van der Waals surface area contributed by atoms with Crippen molar-refractivity contribution < 1.29 is 4.74 Å². The van der Waals surface area contributed by atoms with Crippen molar-refractivity contribution in [3.63, 3.8) is 0 Å². The number of fused-ring (bicyclic) bond motifs is 3. The van der Waals surface area contributed by atoms with E-state index in [0.717, 1.165) is 22.2 Å². The van der Waals surface area contributed by atoms with Crippen molar-refractivity contribution in [1.29, 1.82) is 0 Å². The summed E-state index contributed by atoms with van der Waals surface area (Å²) in [5.41, 5.74) is 2.87. The zero-order chi connectivity index (χ0) is 15.8. The van der Waals surface area contributed by atoms with Crippen LogP contribution in [0.4, 0.5) is 0 Å². The number of methoxy groups -OCH3 is 1. The molecule has 4 rings (SSSR count). The number of aromatic amines is 1. The molecule has 0 fully saturated rings. The molecule has 0 aliphatic carbocycles. The van der Waals surface area contributed by atoms with Crippen LogP contribution in [0.3, 0.4) is 0 Å². The Kier molecular flexibility index (Phi) is 3.08. The molecule has 0 atom stereocenters. The van der Waals surface area contributed by atoms with Crippen molar-refractivity contribution in [1.82, 2.24) is 19.5 Å². The minimum atomic E-state index is -0.103. The van der Waals surface area contributed by atoms with Gasteiger partial charge in [0, 0.05) is 23.3 Å². The van der Waals surface area contributed by atoms with Crippen molar-refractivity contribution in [2.24, 2.45) is 0 Å². The molecule has 0 amide bonds. The molecule has 4 aromatic rings. The summed E-state index contributed by atoms with van der Waals surface area (Å²) in [5.74, 6) is 0.736. The van der Waals surface area contributed by atoms with E-state index in [1.54, 1.807) is 30.4 Å². The van der Waals surface area contributed by atoms with Gasteiger partial charge in [-0.05, 0) is 29.8 Å². The average molecular weight is 306 g/mol. The summed E-state index contributed by atoms with van der Waals surface area (Å²) >= 11 is 0. The van der Waals surface area contributed by atoms with Gasteiger partial charge in [-0.25, -0.2) is 4.98 Å². The number of benzene rings is 1. The maximum atomic E-state index is 12.7. The van der Waals surface area contributed by atoms with Gasteiger partial charge in [-0.1, -0.05) is 6.07 Å². The molecule has 3 heterocycles.